The molecule has 0 saturated heterocycles. The molecular formula is C15H10FN3O3. The molecule has 0 aliphatic rings. The number of nitrogens with one attached hydrogen (secondary N) is 1. The van der Waals surface area contributed by atoms with Crippen molar-refractivity contribution >= 4 is 11.6 Å². The molecule has 0 saturated carbocycles. The van der Waals surface area contributed by atoms with Crippen molar-refractivity contribution in [3.05, 3.63) is 60.3 Å². The molecule has 0 unspecified atom stereocenters. The van der Waals surface area contributed by atoms with Crippen LogP contribution >= 0.6 is 0 Å². The molecule has 7 heteroatoms. The molecule has 0 bridgehead atoms. The van der Waals surface area contributed by atoms with Gasteiger partial charge in [0.05, 0.1) is 12.5 Å². The number of rotatable bonds is 5. The molecule has 2 aromatic heterocycles. The van der Waals surface area contributed by atoms with E-state index in [-0.39, 0.29) is 12.2 Å². The highest BCUT2D eigenvalue weighted by Crippen LogP contribution is 2.26. The number of aromatic amines is 1. The van der Waals surface area contributed by atoms with E-state index in [1.165, 1.54) is 31.0 Å². The van der Waals surface area contributed by atoms with Gasteiger partial charge in [-0.15, -0.1) is 5.10 Å². The van der Waals surface area contributed by atoms with Crippen molar-refractivity contribution in [1.29, 1.82) is 0 Å². The van der Waals surface area contributed by atoms with Crippen LogP contribution in [0.4, 0.5) is 4.39 Å². The summed E-state index contributed by atoms with van der Waals surface area (Å²) in [4.78, 5) is 27.5. The summed E-state index contributed by atoms with van der Waals surface area (Å²) in [6.45, 7) is 0. The molecule has 3 rings (SSSR count). The summed E-state index contributed by atoms with van der Waals surface area (Å²) < 4.78 is 18.4. The number of aromatic nitrogens is 3. The van der Waals surface area contributed by atoms with Crippen molar-refractivity contribution in [2.75, 3.05) is 0 Å². The molecule has 0 aliphatic carbocycles. The molecule has 0 aliphatic heterocycles. The van der Waals surface area contributed by atoms with E-state index >= 15 is 0 Å². The Labute approximate surface area is 124 Å². The predicted molar refractivity (Wildman–Crippen MR) is 73.5 cm³/mol. The zero-order valence-electron chi connectivity index (χ0n) is 11.2. The van der Waals surface area contributed by atoms with Crippen LogP contribution in [0.5, 0.6) is 0 Å². The third kappa shape index (κ3) is 2.69. The summed E-state index contributed by atoms with van der Waals surface area (Å²) in [7, 11) is 0. The Kier molecular flexibility index (Phi) is 3.61. The second kappa shape index (κ2) is 5.72. The molecule has 110 valence electrons. The molecule has 0 amide bonds. The molecule has 0 fully saturated rings. The van der Waals surface area contributed by atoms with Gasteiger partial charge in [0.2, 0.25) is 11.6 Å². The van der Waals surface area contributed by atoms with Gasteiger partial charge in [-0.1, -0.05) is 12.1 Å². The fraction of sp³-hybridized carbons (Fsp3) is 0.0667. The maximum absolute atomic E-state index is 13.3. The highest BCUT2D eigenvalue weighted by molar-refractivity contribution is 6.43. The molecule has 1 aromatic carbocycles. The van der Waals surface area contributed by atoms with E-state index in [0.29, 0.717) is 16.7 Å². The number of nitrogens with zero attached hydrogens (tertiary/aromatic N) is 2. The van der Waals surface area contributed by atoms with E-state index in [2.05, 4.69) is 15.2 Å². The topological polar surface area (TPSA) is 88.9 Å². The van der Waals surface area contributed by atoms with Gasteiger partial charge in [0, 0.05) is 17.5 Å². The second-order valence-electron chi connectivity index (χ2n) is 4.57. The first-order chi connectivity index (χ1) is 10.6. The summed E-state index contributed by atoms with van der Waals surface area (Å²) in [5.41, 5.74) is 1.64. The summed E-state index contributed by atoms with van der Waals surface area (Å²) in [6.07, 6.45) is 3.82. The molecule has 1 N–H and O–H groups in total. The lowest BCUT2D eigenvalue weighted by atomic mass is 10.00. The third-order valence-corrected chi connectivity index (χ3v) is 3.10. The summed E-state index contributed by atoms with van der Waals surface area (Å²) in [5.74, 6) is -2.03. The normalized spacial score (nSPS) is 10.6. The molecule has 0 atom stereocenters. The average molecular weight is 299 g/mol. The van der Waals surface area contributed by atoms with Crippen molar-refractivity contribution in [1.82, 2.24) is 15.2 Å². The van der Waals surface area contributed by atoms with E-state index in [9.17, 15) is 14.0 Å². The van der Waals surface area contributed by atoms with Crippen LogP contribution in [0.3, 0.4) is 0 Å². The Morgan fingerprint density at radius 3 is 2.86 bits per heavy atom. The van der Waals surface area contributed by atoms with Crippen LogP contribution in [0.2, 0.25) is 0 Å². The Morgan fingerprint density at radius 1 is 1.27 bits per heavy atom. The first-order valence-corrected chi connectivity index (χ1v) is 6.39. The number of carbonyl (C=O) groups excluding carboxylic acids is 2. The zero-order chi connectivity index (χ0) is 15.5. The maximum Gasteiger partial charge on any atom is 0.267 e. The average Bonchev–Trinajstić information content (AvgIpc) is 3.18. The second-order valence-corrected chi connectivity index (χ2v) is 4.57. The maximum atomic E-state index is 13.3. The lowest BCUT2D eigenvalue weighted by Crippen LogP contribution is -2.18. The zero-order valence-corrected chi connectivity index (χ0v) is 11.2. The van der Waals surface area contributed by atoms with Gasteiger partial charge in [0.25, 0.3) is 5.78 Å². The summed E-state index contributed by atoms with van der Waals surface area (Å²) in [5, 5.41) is 5.95. The first kappa shape index (κ1) is 13.9. The van der Waals surface area contributed by atoms with Crippen LogP contribution in [-0.4, -0.2) is 26.7 Å². The minimum absolute atomic E-state index is 0.171. The fourth-order valence-corrected chi connectivity index (χ4v) is 2.07. The Balaban J connectivity index is 1.84. The highest BCUT2D eigenvalue weighted by Gasteiger charge is 2.22. The molecule has 0 radical (unpaired) electrons. The van der Waals surface area contributed by atoms with E-state index in [4.69, 9.17) is 4.42 Å². The number of ketones is 2. The third-order valence-electron chi connectivity index (χ3n) is 3.10. The molecule has 3 aromatic rings. The SMILES string of the molecule is O=C(Cc1cocc1-c1cccc(F)c1)C(=O)c1nc[nH]n1. The van der Waals surface area contributed by atoms with E-state index in [1.54, 1.807) is 12.1 Å². The number of benzene rings is 1. The largest absolute Gasteiger partial charge is 0.472 e. The van der Waals surface area contributed by atoms with E-state index in [1.807, 2.05) is 0 Å². The molecule has 6 nitrogen and oxygen atoms in total. The number of hydrogen-bond acceptors (Lipinski definition) is 5. The fourth-order valence-electron chi connectivity index (χ4n) is 2.07. The van der Waals surface area contributed by atoms with Gasteiger partial charge in [0.1, 0.15) is 12.1 Å². The highest BCUT2D eigenvalue weighted by atomic mass is 19.1. The van der Waals surface area contributed by atoms with Gasteiger partial charge < -0.3 is 4.42 Å². The molecule has 0 spiro atoms. The quantitative estimate of drug-likeness (QED) is 0.576. The number of halogens is 1. The van der Waals surface area contributed by atoms with E-state index in [0.717, 1.165) is 0 Å². The number of Topliss-reactive ketones (excluding diaryl/α,β-unsaturated/α-hetero) is 2. The van der Waals surface area contributed by atoms with Crippen molar-refractivity contribution in [3.8, 4) is 11.1 Å². The monoisotopic (exact) mass is 299 g/mol. The van der Waals surface area contributed by atoms with Crippen molar-refractivity contribution in [2.45, 2.75) is 6.42 Å². The lowest BCUT2D eigenvalue weighted by molar-refractivity contribution is -0.114. The Morgan fingerprint density at radius 2 is 2.14 bits per heavy atom. The lowest BCUT2D eigenvalue weighted by Gasteiger charge is -2.02. The molecular weight excluding hydrogens is 289 g/mol. The van der Waals surface area contributed by atoms with Gasteiger partial charge in [-0.3, -0.25) is 14.7 Å². The van der Waals surface area contributed by atoms with Gasteiger partial charge in [0.15, 0.2) is 0 Å². The number of furan rings is 1. The van der Waals surface area contributed by atoms with Crippen molar-refractivity contribution in [2.24, 2.45) is 0 Å². The van der Waals surface area contributed by atoms with Crippen LogP contribution < -0.4 is 0 Å². The van der Waals surface area contributed by atoms with E-state index < -0.39 is 17.4 Å². The van der Waals surface area contributed by atoms with Crippen LogP contribution in [0.15, 0.2) is 47.5 Å². The standard InChI is InChI=1S/C15H10FN3O3/c16-11-3-1-2-9(4-11)12-7-22-6-10(12)5-13(20)14(21)15-17-8-18-19-15/h1-4,6-8H,5H2,(H,17,18,19). The Bertz CT molecular complexity index is 824. The minimum atomic E-state index is -0.785. The van der Waals surface area contributed by atoms with Gasteiger partial charge in [-0.2, -0.15) is 0 Å². The van der Waals surface area contributed by atoms with Crippen LogP contribution in [0, 0.1) is 5.82 Å². The van der Waals surface area contributed by atoms with Gasteiger partial charge in [-0.25, -0.2) is 9.37 Å². The smallest absolute Gasteiger partial charge is 0.267 e. The van der Waals surface area contributed by atoms with Gasteiger partial charge in [-0.05, 0) is 17.7 Å². The number of carbonyl (C=O) groups is 2. The minimum Gasteiger partial charge on any atom is -0.472 e. The number of H-pyrrole nitrogens is 1. The van der Waals surface area contributed by atoms with Crippen LogP contribution in [-0.2, 0) is 11.2 Å². The summed E-state index contributed by atoms with van der Waals surface area (Å²) in [6, 6.07) is 5.90. The van der Waals surface area contributed by atoms with Crippen molar-refractivity contribution in [3.63, 3.8) is 0 Å². The molecule has 2 heterocycles. The van der Waals surface area contributed by atoms with Crippen LogP contribution in [0.25, 0.3) is 11.1 Å². The first-order valence-electron chi connectivity index (χ1n) is 6.39. The van der Waals surface area contributed by atoms with Crippen molar-refractivity contribution < 1.29 is 18.4 Å². The predicted octanol–water partition coefficient (Wildman–Crippen LogP) is 2.20. The Hall–Kier alpha value is -3.09. The summed E-state index contributed by atoms with van der Waals surface area (Å²) >= 11 is 0. The van der Waals surface area contributed by atoms with Crippen LogP contribution in [0.1, 0.15) is 16.2 Å². The van der Waals surface area contributed by atoms with Gasteiger partial charge >= 0.3 is 0 Å². The number of hydrogen-bond donors (Lipinski definition) is 1. The molecule has 22 heavy (non-hydrogen) atoms.